The van der Waals surface area contributed by atoms with Crippen LogP contribution in [0.25, 0.3) is 0 Å². The summed E-state index contributed by atoms with van der Waals surface area (Å²) in [6.45, 7) is 0.906. The van der Waals surface area contributed by atoms with Gasteiger partial charge in [-0.2, -0.15) is 10.2 Å². The van der Waals surface area contributed by atoms with Gasteiger partial charge in [0.1, 0.15) is 6.33 Å². The van der Waals surface area contributed by atoms with E-state index in [1.165, 1.54) is 24.1 Å². The van der Waals surface area contributed by atoms with E-state index in [9.17, 15) is 0 Å². The fourth-order valence-corrected chi connectivity index (χ4v) is 2.77. The molecule has 19 heavy (non-hydrogen) atoms. The Bertz CT molecular complexity index is 555. The molecule has 0 aromatic carbocycles. The zero-order valence-electron chi connectivity index (χ0n) is 11.5. The van der Waals surface area contributed by atoms with Crippen molar-refractivity contribution in [3.8, 4) is 0 Å². The van der Waals surface area contributed by atoms with Gasteiger partial charge in [0.15, 0.2) is 5.82 Å². The largest absolute Gasteiger partial charge is 0.309 e. The van der Waals surface area contributed by atoms with Gasteiger partial charge in [0.25, 0.3) is 0 Å². The summed E-state index contributed by atoms with van der Waals surface area (Å²) in [4.78, 5) is 4.24. The number of hydrogen-bond acceptors (Lipinski definition) is 4. The lowest BCUT2D eigenvalue weighted by Gasteiger charge is -2.23. The van der Waals surface area contributed by atoms with Gasteiger partial charge in [-0.05, 0) is 19.3 Å². The lowest BCUT2D eigenvalue weighted by atomic mass is 9.93. The Hall–Kier alpha value is -1.69. The zero-order chi connectivity index (χ0) is 13.2. The molecule has 0 saturated heterocycles. The van der Waals surface area contributed by atoms with Gasteiger partial charge in [0.05, 0.1) is 6.20 Å². The van der Waals surface area contributed by atoms with Crippen LogP contribution >= 0.6 is 0 Å². The highest BCUT2D eigenvalue weighted by Gasteiger charge is 2.22. The van der Waals surface area contributed by atoms with Crippen LogP contribution in [0.1, 0.15) is 36.0 Å². The monoisotopic (exact) mass is 260 g/mol. The second kappa shape index (κ2) is 5.13. The number of hydrogen-bond donors (Lipinski definition) is 1. The molecule has 3 rings (SSSR count). The van der Waals surface area contributed by atoms with Gasteiger partial charge in [0, 0.05) is 44.4 Å². The van der Waals surface area contributed by atoms with Crippen LogP contribution in [0.4, 0.5) is 0 Å². The van der Waals surface area contributed by atoms with E-state index in [0.29, 0.717) is 6.04 Å². The van der Waals surface area contributed by atoms with E-state index >= 15 is 0 Å². The van der Waals surface area contributed by atoms with E-state index in [0.717, 1.165) is 25.2 Å². The van der Waals surface area contributed by atoms with Crippen LogP contribution < -0.4 is 5.32 Å². The van der Waals surface area contributed by atoms with Crippen molar-refractivity contribution in [3.05, 3.63) is 29.6 Å². The molecule has 0 spiro atoms. The summed E-state index contributed by atoms with van der Waals surface area (Å²) < 4.78 is 3.75. The maximum absolute atomic E-state index is 4.37. The maximum atomic E-state index is 4.37. The normalized spacial score (nSPS) is 18.5. The van der Waals surface area contributed by atoms with Gasteiger partial charge in [-0.1, -0.05) is 0 Å². The molecule has 0 aliphatic heterocycles. The van der Waals surface area contributed by atoms with E-state index in [2.05, 4.69) is 20.5 Å². The molecule has 0 amide bonds. The molecule has 1 aliphatic carbocycles. The molecule has 6 heteroatoms. The lowest BCUT2D eigenvalue weighted by molar-refractivity contribution is 0.453. The van der Waals surface area contributed by atoms with Crippen molar-refractivity contribution in [2.75, 3.05) is 6.54 Å². The van der Waals surface area contributed by atoms with Gasteiger partial charge < -0.3 is 5.32 Å². The minimum Gasteiger partial charge on any atom is -0.309 e. The third-order valence-corrected chi connectivity index (χ3v) is 3.76. The first-order valence-electron chi connectivity index (χ1n) is 6.82. The van der Waals surface area contributed by atoms with E-state index in [4.69, 9.17) is 0 Å². The van der Waals surface area contributed by atoms with Crippen LogP contribution in [0.15, 0.2) is 12.5 Å². The fourth-order valence-electron chi connectivity index (χ4n) is 2.77. The summed E-state index contributed by atoms with van der Waals surface area (Å²) in [6.07, 6.45) is 8.18. The fraction of sp³-hybridized carbons (Fsp3) is 0.615. The third kappa shape index (κ3) is 2.53. The van der Waals surface area contributed by atoms with Gasteiger partial charge in [-0.15, -0.1) is 0 Å². The highest BCUT2D eigenvalue weighted by atomic mass is 15.3. The first-order valence-corrected chi connectivity index (χ1v) is 6.82. The van der Waals surface area contributed by atoms with E-state index < -0.39 is 0 Å². The average Bonchev–Trinajstić information content (AvgIpc) is 2.98. The third-order valence-electron chi connectivity index (χ3n) is 3.76. The Labute approximate surface area is 112 Å². The Morgan fingerprint density at radius 1 is 1.42 bits per heavy atom. The molecule has 2 aromatic heterocycles. The average molecular weight is 260 g/mol. The minimum absolute atomic E-state index is 0.432. The summed E-state index contributed by atoms with van der Waals surface area (Å²) >= 11 is 0. The minimum atomic E-state index is 0.432. The number of nitrogens with zero attached hydrogens (tertiary/aromatic N) is 5. The van der Waals surface area contributed by atoms with Crippen molar-refractivity contribution >= 4 is 0 Å². The molecular formula is C13H20N6. The maximum Gasteiger partial charge on any atom is 0.151 e. The number of rotatable bonds is 4. The molecule has 1 atom stereocenters. The Balaban J connectivity index is 1.59. The van der Waals surface area contributed by atoms with E-state index in [1.54, 1.807) is 11.0 Å². The molecule has 2 aromatic rings. The molecule has 102 valence electrons. The van der Waals surface area contributed by atoms with Gasteiger partial charge in [0.2, 0.25) is 0 Å². The number of nitrogens with one attached hydrogen (secondary N) is 1. The van der Waals surface area contributed by atoms with Crippen LogP contribution in [0.2, 0.25) is 0 Å². The standard InChI is InChI=1S/C13H20N6/c1-18-9-15-13(17-18)6-7-14-11-4-3-5-12-10(11)8-16-19(12)2/h8-9,11,14H,3-7H2,1-2H3. The highest BCUT2D eigenvalue weighted by molar-refractivity contribution is 5.24. The molecule has 0 saturated carbocycles. The molecular weight excluding hydrogens is 240 g/mol. The Kier molecular flexibility index (Phi) is 3.33. The SMILES string of the molecule is Cn1cnc(CCNC2CCCc3c2cnn3C)n1. The van der Waals surface area contributed by atoms with E-state index in [1.807, 2.05) is 25.0 Å². The highest BCUT2D eigenvalue weighted by Crippen LogP contribution is 2.28. The summed E-state index contributed by atoms with van der Waals surface area (Å²) in [6, 6.07) is 0.432. The Morgan fingerprint density at radius 3 is 3.11 bits per heavy atom. The summed E-state index contributed by atoms with van der Waals surface area (Å²) in [5.74, 6) is 0.900. The van der Waals surface area contributed by atoms with Crippen molar-refractivity contribution in [2.24, 2.45) is 14.1 Å². The van der Waals surface area contributed by atoms with Gasteiger partial charge in [-0.25, -0.2) is 4.98 Å². The molecule has 1 aliphatic rings. The predicted molar refractivity (Wildman–Crippen MR) is 71.6 cm³/mol. The van der Waals surface area contributed by atoms with Gasteiger partial charge >= 0.3 is 0 Å². The van der Waals surface area contributed by atoms with Crippen LogP contribution in [-0.2, 0) is 26.9 Å². The number of aromatic nitrogens is 5. The van der Waals surface area contributed by atoms with Crippen LogP contribution in [0.5, 0.6) is 0 Å². The summed E-state index contributed by atoms with van der Waals surface area (Å²) in [5.41, 5.74) is 2.74. The number of aryl methyl sites for hydroxylation is 2. The van der Waals surface area contributed by atoms with Crippen LogP contribution in [-0.4, -0.2) is 31.1 Å². The summed E-state index contributed by atoms with van der Waals surface area (Å²) in [5, 5.41) is 12.3. The van der Waals surface area contributed by atoms with E-state index in [-0.39, 0.29) is 0 Å². The second-order valence-corrected chi connectivity index (χ2v) is 5.15. The first kappa shape index (κ1) is 12.3. The van der Waals surface area contributed by atoms with Crippen LogP contribution in [0.3, 0.4) is 0 Å². The predicted octanol–water partition coefficient (Wildman–Crippen LogP) is 0.758. The van der Waals surface area contributed by atoms with Crippen molar-refractivity contribution < 1.29 is 0 Å². The molecule has 1 N–H and O–H groups in total. The molecule has 6 nitrogen and oxygen atoms in total. The Morgan fingerprint density at radius 2 is 2.32 bits per heavy atom. The van der Waals surface area contributed by atoms with Crippen molar-refractivity contribution in [2.45, 2.75) is 31.7 Å². The smallest absolute Gasteiger partial charge is 0.151 e. The molecule has 0 bridgehead atoms. The molecule has 2 heterocycles. The van der Waals surface area contributed by atoms with Gasteiger partial charge in [-0.3, -0.25) is 9.36 Å². The first-order chi connectivity index (χ1) is 9.24. The number of fused-ring (bicyclic) bond motifs is 1. The zero-order valence-corrected chi connectivity index (χ0v) is 11.5. The molecule has 0 radical (unpaired) electrons. The quantitative estimate of drug-likeness (QED) is 0.881. The summed E-state index contributed by atoms with van der Waals surface area (Å²) in [7, 11) is 3.92. The van der Waals surface area contributed by atoms with Crippen molar-refractivity contribution in [1.82, 2.24) is 29.9 Å². The topological polar surface area (TPSA) is 60.6 Å². The second-order valence-electron chi connectivity index (χ2n) is 5.15. The van der Waals surface area contributed by atoms with Crippen molar-refractivity contribution in [3.63, 3.8) is 0 Å². The molecule has 0 fully saturated rings. The lowest BCUT2D eigenvalue weighted by Crippen LogP contribution is -2.27. The van der Waals surface area contributed by atoms with Crippen LogP contribution in [0, 0.1) is 0 Å². The van der Waals surface area contributed by atoms with Crippen molar-refractivity contribution in [1.29, 1.82) is 0 Å². The molecule has 1 unspecified atom stereocenters.